The molecule has 3 atom stereocenters. The Hall–Kier alpha value is -0.870. The van der Waals surface area contributed by atoms with Crippen LogP contribution in [0.1, 0.15) is 17.3 Å². The van der Waals surface area contributed by atoms with E-state index in [9.17, 15) is 4.79 Å². The molecule has 0 aromatic carbocycles. The van der Waals surface area contributed by atoms with Gasteiger partial charge in [0, 0.05) is 10.9 Å². The molecule has 70 valence electrons. The second-order valence-corrected chi connectivity index (χ2v) is 4.36. The molecule has 0 spiro atoms. The van der Waals surface area contributed by atoms with Crippen LogP contribution in [0.25, 0.3) is 0 Å². The summed E-state index contributed by atoms with van der Waals surface area (Å²) in [6.07, 6.45) is 0.731. The Labute approximate surface area is 80.2 Å². The summed E-state index contributed by atoms with van der Waals surface area (Å²) in [6, 6.07) is 3.83. The van der Waals surface area contributed by atoms with Crippen LogP contribution in [-0.2, 0) is 4.79 Å². The lowest BCUT2D eigenvalue weighted by molar-refractivity contribution is -0.138. The third-order valence-corrected chi connectivity index (χ3v) is 3.46. The van der Waals surface area contributed by atoms with E-state index in [1.165, 1.54) is 0 Å². The van der Waals surface area contributed by atoms with Crippen molar-refractivity contribution in [2.24, 2.45) is 17.6 Å². The van der Waals surface area contributed by atoms with E-state index in [0.717, 1.165) is 11.3 Å². The second-order valence-electron chi connectivity index (χ2n) is 3.39. The average molecular weight is 197 g/mol. The van der Waals surface area contributed by atoms with E-state index >= 15 is 0 Å². The van der Waals surface area contributed by atoms with Crippen LogP contribution in [0.4, 0.5) is 0 Å². The lowest BCUT2D eigenvalue weighted by Gasteiger charge is -2.06. The van der Waals surface area contributed by atoms with E-state index in [2.05, 4.69) is 0 Å². The van der Waals surface area contributed by atoms with Gasteiger partial charge in [0.15, 0.2) is 0 Å². The Morgan fingerprint density at radius 3 is 3.00 bits per heavy atom. The van der Waals surface area contributed by atoms with Crippen LogP contribution < -0.4 is 5.73 Å². The first-order chi connectivity index (χ1) is 6.20. The molecule has 1 fully saturated rings. The van der Waals surface area contributed by atoms with Crippen molar-refractivity contribution < 1.29 is 9.90 Å². The maximum atomic E-state index is 10.6. The van der Waals surface area contributed by atoms with Gasteiger partial charge in [-0.25, -0.2) is 0 Å². The Morgan fingerprint density at radius 1 is 1.77 bits per heavy atom. The smallest absolute Gasteiger partial charge is 0.306 e. The van der Waals surface area contributed by atoms with Crippen molar-refractivity contribution in [1.29, 1.82) is 0 Å². The van der Waals surface area contributed by atoms with Crippen molar-refractivity contribution in [2.45, 2.75) is 12.5 Å². The first-order valence-electron chi connectivity index (χ1n) is 4.22. The molecule has 13 heavy (non-hydrogen) atoms. The van der Waals surface area contributed by atoms with Crippen LogP contribution in [0.15, 0.2) is 17.5 Å². The highest BCUT2D eigenvalue weighted by molar-refractivity contribution is 7.10. The zero-order valence-electron chi connectivity index (χ0n) is 7.01. The minimum absolute atomic E-state index is 0.0823. The molecule has 4 heteroatoms. The zero-order chi connectivity index (χ0) is 9.42. The molecule has 1 aromatic heterocycles. The third kappa shape index (κ3) is 1.59. The van der Waals surface area contributed by atoms with Gasteiger partial charge in [-0.1, -0.05) is 6.07 Å². The highest BCUT2D eigenvalue weighted by Crippen LogP contribution is 2.47. The van der Waals surface area contributed by atoms with Crippen LogP contribution in [0.5, 0.6) is 0 Å². The lowest BCUT2D eigenvalue weighted by atomic mass is 10.1. The van der Waals surface area contributed by atoms with Crippen LogP contribution in [0.3, 0.4) is 0 Å². The zero-order valence-corrected chi connectivity index (χ0v) is 7.83. The van der Waals surface area contributed by atoms with Crippen LogP contribution in [0, 0.1) is 11.8 Å². The van der Waals surface area contributed by atoms with E-state index < -0.39 is 5.97 Å². The molecule has 0 aliphatic heterocycles. The molecule has 1 aliphatic carbocycles. The van der Waals surface area contributed by atoms with Gasteiger partial charge >= 0.3 is 5.97 Å². The van der Waals surface area contributed by atoms with Gasteiger partial charge in [-0.05, 0) is 23.8 Å². The summed E-state index contributed by atoms with van der Waals surface area (Å²) in [6.45, 7) is 0. The third-order valence-electron chi connectivity index (χ3n) is 2.49. The molecule has 1 aromatic rings. The molecular formula is C9H11NO2S. The molecule has 1 aliphatic rings. The number of carboxylic acids is 1. The number of carbonyl (C=O) groups is 1. The Morgan fingerprint density at radius 2 is 2.54 bits per heavy atom. The van der Waals surface area contributed by atoms with E-state index in [1.54, 1.807) is 11.3 Å². The molecule has 0 bridgehead atoms. The first kappa shape index (κ1) is 8.72. The molecule has 1 saturated carbocycles. The fourth-order valence-corrected chi connectivity index (χ4v) is 2.39. The van der Waals surface area contributed by atoms with Crippen molar-refractivity contribution in [2.75, 3.05) is 0 Å². The number of carboxylic acid groups (broad SMARTS) is 1. The SMILES string of the molecule is NC(c1cccs1)C1CC1C(=O)O. The van der Waals surface area contributed by atoms with E-state index in [1.807, 2.05) is 17.5 Å². The second kappa shape index (κ2) is 3.12. The van der Waals surface area contributed by atoms with Gasteiger partial charge in [-0.15, -0.1) is 11.3 Å². The summed E-state index contributed by atoms with van der Waals surface area (Å²) in [4.78, 5) is 11.7. The quantitative estimate of drug-likeness (QED) is 0.771. The predicted molar refractivity (Wildman–Crippen MR) is 50.5 cm³/mol. The topological polar surface area (TPSA) is 63.3 Å². The molecule has 2 rings (SSSR count). The number of hydrogen-bond donors (Lipinski definition) is 2. The fraction of sp³-hybridized carbons (Fsp3) is 0.444. The largest absolute Gasteiger partial charge is 0.481 e. The number of rotatable bonds is 3. The Bertz CT molecular complexity index is 309. The molecule has 3 unspecified atom stereocenters. The van der Waals surface area contributed by atoms with Crippen LogP contribution >= 0.6 is 11.3 Å². The van der Waals surface area contributed by atoms with Gasteiger partial charge in [0.2, 0.25) is 0 Å². The minimum atomic E-state index is -0.711. The number of thiophene rings is 1. The number of aliphatic carboxylic acids is 1. The summed E-state index contributed by atoms with van der Waals surface area (Å²) in [5.41, 5.74) is 5.92. The molecule has 1 heterocycles. The normalized spacial score (nSPS) is 28.4. The maximum Gasteiger partial charge on any atom is 0.306 e. The molecule has 0 radical (unpaired) electrons. The van der Waals surface area contributed by atoms with E-state index in [4.69, 9.17) is 10.8 Å². The predicted octanol–water partition coefficient (Wildman–Crippen LogP) is 1.47. The standard InChI is InChI=1S/C9H11NO2S/c10-8(7-2-1-3-13-7)5-4-6(5)9(11)12/h1-3,5-6,8H,4,10H2,(H,11,12). The van der Waals surface area contributed by atoms with Gasteiger partial charge in [0.1, 0.15) is 0 Å². The first-order valence-corrected chi connectivity index (χ1v) is 5.10. The van der Waals surface area contributed by atoms with Crippen LogP contribution in [-0.4, -0.2) is 11.1 Å². The number of nitrogens with two attached hydrogens (primary N) is 1. The summed E-state index contributed by atoms with van der Waals surface area (Å²) in [5.74, 6) is -0.773. The van der Waals surface area contributed by atoms with Crippen molar-refractivity contribution in [3.8, 4) is 0 Å². The van der Waals surface area contributed by atoms with E-state index in [0.29, 0.717) is 0 Å². The molecule has 3 nitrogen and oxygen atoms in total. The van der Waals surface area contributed by atoms with Crippen molar-refractivity contribution in [3.63, 3.8) is 0 Å². The highest BCUT2D eigenvalue weighted by Gasteiger charge is 2.47. The monoisotopic (exact) mass is 197 g/mol. The minimum Gasteiger partial charge on any atom is -0.481 e. The van der Waals surface area contributed by atoms with Gasteiger partial charge in [-0.3, -0.25) is 4.79 Å². The number of hydrogen-bond acceptors (Lipinski definition) is 3. The highest BCUT2D eigenvalue weighted by atomic mass is 32.1. The van der Waals surface area contributed by atoms with Crippen molar-refractivity contribution in [3.05, 3.63) is 22.4 Å². The van der Waals surface area contributed by atoms with Gasteiger partial charge in [-0.2, -0.15) is 0 Å². The summed E-state index contributed by atoms with van der Waals surface area (Å²) < 4.78 is 0. The Balaban J connectivity index is 2.01. The summed E-state index contributed by atoms with van der Waals surface area (Å²) in [7, 11) is 0. The summed E-state index contributed by atoms with van der Waals surface area (Å²) >= 11 is 1.60. The molecule has 0 saturated heterocycles. The Kier molecular flexibility index (Phi) is 2.09. The van der Waals surface area contributed by atoms with Crippen LogP contribution in [0.2, 0.25) is 0 Å². The van der Waals surface area contributed by atoms with Crippen molar-refractivity contribution in [1.82, 2.24) is 0 Å². The molecule has 0 amide bonds. The molecular weight excluding hydrogens is 186 g/mol. The van der Waals surface area contributed by atoms with Crippen molar-refractivity contribution >= 4 is 17.3 Å². The lowest BCUT2D eigenvalue weighted by Crippen LogP contribution is -2.14. The van der Waals surface area contributed by atoms with Gasteiger partial charge in [0.25, 0.3) is 0 Å². The molecule has 3 N–H and O–H groups in total. The average Bonchev–Trinajstić information content (AvgIpc) is 2.72. The van der Waals surface area contributed by atoms with Gasteiger partial charge in [0.05, 0.1) is 5.92 Å². The summed E-state index contributed by atoms with van der Waals surface area (Å²) in [5, 5.41) is 10.7. The van der Waals surface area contributed by atoms with E-state index in [-0.39, 0.29) is 17.9 Å². The fourth-order valence-electron chi connectivity index (χ4n) is 1.59. The maximum absolute atomic E-state index is 10.6. The van der Waals surface area contributed by atoms with Gasteiger partial charge < -0.3 is 10.8 Å².